The van der Waals surface area contributed by atoms with Crippen molar-refractivity contribution in [2.75, 3.05) is 13.7 Å². The molecule has 0 aliphatic heterocycles. The third-order valence-corrected chi connectivity index (χ3v) is 2.23. The summed E-state index contributed by atoms with van der Waals surface area (Å²) in [6, 6.07) is 5.27. The zero-order chi connectivity index (χ0) is 12.7. The second-order valence-electron chi connectivity index (χ2n) is 3.32. The van der Waals surface area contributed by atoms with Crippen LogP contribution < -0.4 is 15.8 Å². The Morgan fingerprint density at radius 3 is 3.00 bits per heavy atom. The van der Waals surface area contributed by atoms with Crippen LogP contribution in [0.5, 0.6) is 5.75 Å². The first kappa shape index (κ1) is 12.9. The molecule has 0 aromatic heterocycles. The number of benzene rings is 1. The van der Waals surface area contributed by atoms with E-state index in [1.807, 2.05) is 0 Å². The van der Waals surface area contributed by atoms with Crippen LogP contribution in [0.2, 0.25) is 0 Å². The van der Waals surface area contributed by atoms with E-state index in [9.17, 15) is 0 Å². The van der Waals surface area contributed by atoms with Crippen LogP contribution in [0.25, 0.3) is 0 Å². The number of ether oxygens (including phenoxy) is 1. The van der Waals surface area contributed by atoms with E-state index in [1.165, 1.54) is 0 Å². The van der Waals surface area contributed by atoms with E-state index >= 15 is 0 Å². The van der Waals surface area contributed by atoms with Crippen LogP contribution in [0.1, 0.15) is 11.1 Å². The predicted octanol–water partition coefficient (Wildman–Crippen LogP) is 0.512. The van der Waals surface area contributed by atoms with Crippen molar-refractivity contribution in [3.63, 3.8) is 0 Å². The molecule has 0 unspecified atom stereocenters. The van der Waals surface area contributed by atoms with Crippen LogP contribution in [-0.2, 0) is 6.54 Å². The van der Waals surface area contributed by atoms with Gasteiger partial charge in [-0.2, -0.15) is 0 Å². The summed E-state index contributed by atoms with van der Waals surface area (Å²) in [6.45, 7) is 1.02. The summed E-state index contributed by atoms with van der Waals surface area (Å²) in [5.41, 5.74) is 7.04. The van der Waals surface area contributed by atoms with Crippen molar-refractivity contribution in [1.82, 2.24) is 5.32 Å². The number of rotatable bonds is 5. The summed E-state index contributed by atoms with van der Waals surface area (Å²) in [4.78, 5) is 0. The number of hydrogen-bond acceptors (Lipinski definition) is 4. The Morgan fingerprint density at radius 1 is 1.65 bits per heavy atom. The number of nitrogens with one attached hydrogen (secondary N) is 1. The molecule has 5 heteroatoms. The molecule has 0 saturated carbocycles. The van der Waals surface area contributed by atoms with E-state index in [-0.39, 0.29) is 5.84 Å². The quantitative estimate of drug-likeness (QED) is 0.173. The highest BCUT2D eigenvalue weighted by Crippen LogP contribution is 2.19. The molecule has 0 aliphatic rings. The lowest BCUT2D eigenvalue weighted by Crippen LogP contribution is -2.16. The molecule has 90 valence electrons. The minimum Gasteiger partial charge on any atom is -0.496 e. The van der Waals surface area contributed by atoms with Gasteiger partial charge in [0.15, 0.2) is 5.84 Å². The zero-order valence-corrected chi connectivity index (χ0v) is 9.60. The van der Waals surface area contributed by atoms with E-state index in [2.05, 4.69) is 16.4 Å². The molecule has 5 nitrogen and oxygen atoms in total. The zero-order valence-electron chi connectivity index (χ0n) is 9.60. The molecule has 0 fully saturated rings. The third-order valence-electron chi connectivity index (χ3n) is 2.23. The Labute approximate surface area is 100 Å². The molecule has 0 bridgehead atoms. The molecular weight excluding hydrogens is 218 g/mol. The summed E-state index contributed by atoms with van der Waals surface area (Å²) < 4.78 is 5.21. The Kier molecular flexibility index (Phi) is 4.85. The second kappa shape index (κ2) is 6.40. The van der Waals surface area contributed by atoms with Gasteiger partial charge in [0, 0.05) is 17.7 Å². The Morgan fingerprint density at radius 2 is 2.41 bits per heavy atom. The molecule has 0 saturated heterocycles. The van der Waals surface area contributed by atoms with Gasteiger partial charge in [-0.1, -0.05) is 11.1 Å². The summed E-state index contributed by atoms with van der Waals surface area (Å²) in [6.07, 6.45) is 5.15. The van der Waals surface area contributed by atoms with Gasteiger partial charge in [0.2, 0.25) is 0 Å². The van der Waals surface area contributed by atoms with Crippen LogP contribution in [0.15, 0.2) is 23.4 Å². The number of methoxy groups -OCH3 is 1. The maximum Gasteiger partial charge on any atom is 0.170 e. The van der Waals surface area contributed by atoms with Gasteiger partial charge in [-0.15, -0.1) is 6.42 Å². The predicted molar refractivity (Wildman–Crippen MR) is 66.0 cm³/mol. The Bertz CT molecular complexity index is 450. The first-order valence-electron chi connectivity index (χ1n) is 5.02. The average Bonchev–Trinajstić information content (AvgIpc) is 2.38. The van der Waals surface area contributed by atoms with Gasteiger partial charge in [-0.3, -0.25) is 0 Å². The molecule has 17 heavy (non-hydrogen) atoms. The molecule has 0 aliphatic carbocycles. The van der Waals surface area contributed by atoms with Gasteiger partial charge in [0.05, 0.1) is 13.7 Å². The second-order valence-corrected chi connectivity index (χ2v) is 3.32. The van der Waals surface area contributed by atoms with Gasteiger partial charge in [0.25, 0.3) is 0 Å². The number of nitrogens with two attached hydrogens (primary N) is 1. The van der Waals surface area contributed by atoms with E-state index in [0.29, 0.717) is 18.7 Å². The normalized spacial score (nSPS) is 10.9. The number of terminal acetylenes is 1. The van der Waals surface area contributed by atoms with Crippen molar-refractivity contribution in [3.8, 4) is 18.1 Å². The highest BCUT2D eigenvalue weighted by Gasteiger charge is 2.06. The maximum absolute atomic E-state index is 8.61. The SMILES string of the molecule is C#CCNCc1cc(/C(N)=N/O)ccc1OC. The minimum atomic E-state index is 0.0610. The van der Waals surface area contributed by atoms with Crippen molar-refractivity contribution in [2.45, 2.75) is 6.54 Å². The number of nitrogens with zero attached hydrogens (tertiary/aromatic N) is 1. The van der Waals surface area contributed by atoms with Crippen molar-refractivity contribution in [1.29, 1.82) is 0 Å². The summed E-state index contributed by atoms with van der Waals surface area (Å²) in [5.74, 6) is 3.27. The van der Waals surface area contributed by atoms with Crippen molar-refractivity contribution >= 4 is 5.84 Å². The smallest absolute Gasteiger partial charge is 0.170 e. The number of hydrogen-bond donors (Lipinski definition) is 3. The monoisotopic (exact) mass is 233 g/mol. The molecule has 0 heterocycles. The van der Waals surface area contributed by atoms with E-state index in [4.69, 9.17) is 22.1 Å². The minimum absolute atomic E-state index is 0.0610. The van der Waals surface area contributed by atoms with Crippen LogP contribution >= 0.6 is 0 Å². The highest BCUT2D eigenvalue weighted by atomic mass is 16.5. The largest absolute Gasteiger partial charge is 0.496 e. The fraction of sp³-hybridized carbons (Fsp3) is 0.250. The van der Waals surface area contributed by atoms with Crippen LogP contribution in [-0.4, -0.2) is 24.7 Å². The Hall–Kier alpha value is -2.19. The lowest BCUT2D eigenvalue weighted by atomic mass is 10.1. The standard InChI is InChI=1S/C12H15N3O2/c1-3-6-14-8-10-7-9(12(13)15-16)4-5-11(10)17-2/h1,4-5,7,14,16H,6,8H2,2H3,(H2,13,15). The number of oxime groups is 1. The van der Waals surface area contributed by atoms with Crippen molar-refractivity contribution in [2.24, 2.45) is 10.9 Å². The fourth-order valence-electron chi connectivity index (χ4n) is 1.40. The summed E-state index contributed by atoms with van der Waals surface area (Å²) in [7, 11) is 1.59. The van der Waals surface area contributed by atoms with Gasteiger partial charge < -0.3 is 21.0 Å². The van der Waals surface area contributed by atoms with E-state index in [1.54, 1.807) is 25.3 Å². The highest BCUT2D eigenvalue weighted by molar-refractivity contribution is 5.97. The Balaban J connectivity index is 2.95. The van der Waals surface area contributed by atoms with Crippen molar-refractivity contribution in [3.05, 3.63) is 29.3 Å². The van der Waals surface area contributed by atoms with Crippen LogP contribution in [0, 0.1) is 12.3 Å². The van der Waals surface area contributed by atoms with Crippen molar-refractivity contribution < 1.29 is 9.94 Å². The molecule has 1 aromatic rings. The lowest BCUT2D eigenvalue weighted by Gasteiger charge is -2.10. The fourth-order valence-corrected chi connectivity index (χ4v) is 1.40. The molecule has 0 amide bonds. The molecule has 0 atom stereocenters. The molecule has 1 aromatic carbocycles. The third kappa shape index (κ3) is 3.40. The summed E-state index contributed by atoms with van der Waals surface area (Å²) in [5, 5.41) is 14.6. The van der Waals surface area contributed by atoms with Crippen LogP contribution in [0.4, 0.5) is 0 Å². The van der Waals surface area contributed by atoms with E-state index < -0.39 is 0 Å². The summed E-state index contributed by atoms with van der Waals surface area (Å²) >= 11 is 0. The van der Waals surface area contributed by atoms with Gasteiger partial charge in [0.1, 0.15) is 5.75 Å². The molecule has 4 N–H and O–H groups in total. The molecular formula is C12H15N3O2. The number of amidine groups is 1. The molecule has 0 spiro atoms. The van der Waals surface area contributed by atoms with E-state index in [0.717, 1.165) is 11.3 Å². The van der Waals surface area contributed by atoms with Gasteiger partial charge in [-0.25, -0.2) is 0 Å². The van der Waals surface area contributed by atoms with Crippen LogP contribution in [0.3, 0.4) is 0 Å². The molecule has 1 rings (SSSR count). The lowest BCUT2D eigenvalue weighted by molar-refractivity contribution is 0.318. The molecule has 0 radical (unpaired) electrons. The van der Waals surface area contributed by atoms with Gasteiger partial charge >= 0.3 is 0 Å². The maximum atomic E-state index is 8.61. The topological polar surface area (TPSA) is 79.9 Å². The average molecular weight is 233 g/mol. The first-order chi connectivity index (χ1) is 8.22. The van der Waals surface area contributed by atoms with Gasteiger partial charge in [-0.05, 0) is 18.2 Å². The first-order valence-corrected chi connectivity index (χ1v) is 5.02.